The van der Waals surface area contributed by atoms with Gasteiger partial charge in [0.05, 0.1) is 5.69 Å². The van der Waals surface area contributed by atoms with E-state index in [9.17, 15) is 0 Å². The SMILES string of the molecule is CCc1cccnc1CNC(C)c1ccc(C)c(C)c1. The number of hydrogen-bond acceptors (Lipinski definition) is 2. The summed E-state index contributed by atoms with van der Waals surface area (Å²) in [7, 11) is 0. The molecule has 1 aromatic heterocycles. The normalized spacial score (nSPS) is 12.4. The summed E-state index contributed by atoms with van der Waals surface area (Å²) in [4.78, 5) is 4.48. The molecule has 0 saturated heterocycles. The fourth-order valence-corrected chi connectivity index (χ4v) is 2.35. The molecule has 0 bridgehead atoms. The van der Waals surface area contributed by atoms with Crippen LogP contribution in [0.15, 0.2) is 36.5 Å². The lowest BCUT2D eigenvalue weighted by molar-refractivity contribution is 0.564. The van der Waals surface area contributed by atoms with Crippen molar-refractivity contribution in [1.82, 2.24) is 10.3 Å². The largest absolute Gasteiger partial charge is 0.305 e. The van der Waals surface area contributed by atoms with Crippen LogP contribution in [0.1, 0.15) is 47.8 Å². The highest BCUT2D eigenvalue weighted by Crippen LogP contribution is 2.17. The number of pyridine rings is 1. The zero-order chi connectivity index (χ0) is 14.5. The fourth-order valence-electron chi connectivity index (χ4n) is 2.35. The van der Waals surface area contributed by atoms with Crippen LogP contribution in [-0.2, 0) is 13.0 Å². The molecule has 2 aromatic rings. The molecule has 1 unspecified atom stereocenters. The first-order valence-electron chi connectivity index (χ1n) is 7.35. The van der Waals surface area contributed by atoms with Gasteiger partial charge in [-0.3, -0.25) is 4.98 Å². The molecule has 2 heteroatoms. The molecule has 0 saturated carbocycles. The Hall–Kier alpha value is -1.67. The summed E-state index contributed by atoms with van der Waals surface area (Å²) in [6, 6.07) is 11.2. The molecule has 0 amide bonds. The minimum absolute atomic E-state index is 0.334. The Morgan fingerprint density at radius 3 is 2.65 bits per heavy atom. The Morgan fingerprint density at radius 2 is 1.95 bits per heavy atom. The second kappa shape index (κ2) is 6.67. The van der Waals surface area contributed by atoms with Gasteiger partial charge in [0, 0.05) is 18.8 Å². The Kier molecular flexibility index (Phi) is 4.91. The van der Waals surface area contributed by atoms with E-state index in [0.29, 0.717) is 6.04 Å². The molecule has 106 valence electrons. The molecule has 0 aliphatic carbocycles. The Bertz CT molecular complexity index is 575. The minimum atomic E-state index is 0.334. The molecule has 2 rings (SSSR count). The number of benzene rings is 1. The number of aryl methyl sites for hydroxylation is 3. The van der Waals surface area contributed by atoms with E-state index in [1.54, 1.807) is 0 Å². The van der Waals surface area contributed by atoms with Crippen LogP contribution in [0, 0.1) is 13.8 Å². The lowest BCUT2D eigenvalue weighted by Crippen LogP contribution is -2.19. The molecule has 0 spiro atoms. The lowest BCUT2D eigenvalue weighted by Gasteiger charge is -2.16. The number of nitrogens with one attached hydrogen (secondary N) is 1. The van der Waals surface area contributed by atoms with E-state index in [1.807, 2.05) is 12.3 Å². The van der Waals surface area contributed by atoms with Gasteiger partial charge in [-0.05, 0) is 55.5 Å². The van der Waals surface area contributed by atoms with Gasteiger partial charge in [-0.1, -0.05) is 31.2 Å². The molecular weight excluding hydrogens is 244 g/mol. The van der Waals surface area contributed by atoms with Crippen LogP contribution < -0.4 is 5.32 Å². The average Bonchev–Trinajstić information content (AvgIpc) is 2.47. The van der Waals surface area contributed by atoms with E-state index in [4.69, 9.17) is 0 Å². The Balaban J connectivity index is 2.04. The predicted octanol–water partition coefficient (Wildman–Crippen LogP) is 4.11. The standard InChI is InChI=1S/C18H24N2/c1-5-16-7-6-10-19-18(16)12-20-15(4)17-9-8-13(2)14(3)11-17/h6-11,15,20H,5,12H2,1-4H3. The number of nitrogens with zero attached hydrogens (tertiary/aromatic N) is 1. The molecule has 1 N–H and O–H groups in total. The van der Waals surface area contributed by atoms with Gasteiger partial charge in [-0.2, -0.15) is 0 Å². The van der Waals surface area contributed by atoms with Crippen molar-refractivity contribution in [3.63, 3.8) is 0 Å². The van der Waals surface area contributed by atoms with E-state index in [-0.39, 0.29) is 0 Å². The summed E-state index contributed by atoms with van der Waals surface area (Å²) in [5.41, 5.74) is 6.52. The van der Waals surface area contributed by atoms with E-state index < -0.39 is 0 Å². The highest BCUT2D eigenvalue weighted by molar-refractivity contribution is 5.31. The number of aromatic nitrogens is 1. The number of rotatable bonds is 5. The molecule has 1 heterocycles. The van der Waals surface area contributed by atoms with E-state index in [2.05, 4.69) is 62.3 Å². The Labute approximate surface area is 122 Å². The third-order valence-corrected chi connectivity index (χ3v) is 3.97. The maximum atomic E-state index is 4.48. The molecule has 0 fully saturated rings. The first-order valence-corrected chi connectivity index (χ1v) is 7.35. The van der Waals surface area contributed by atoms with E-state index >= 15 is 0 Å². The van der Waals surface area contributed by atoms with Crippen LogP contribution in [-0.4, -0.2) is 4.98 Å². The van der Waals surface area contributed by atoms with Gasteiger partial charge in [0.2, 0.25) is 0 Å². The Morgan fingerprint density at radius 1 is 1.15 bits per heavy atom. The van der Waals surface area contributed by atoms with Crippen LogP contribution in [0.4, 0.5) is 0 Å². The van der Waals surface area contributed by atoms with Gasteiger partial charge in [0.25, 0.3) is 0 Å². The zero-order valence-corrected chi connectivity index (χ0v) is 12.9. The maximum absolute atomic E-state index is 4.48. The van der Waals surface area contributed by atoms with Gasteiger partial charge in [-0.15, -0.1) is 0 Å². The molecule has 0 aliphatic heterocycles. The predicted molar refractivity (Wildman–Crippen MR) is 84.8 cm³/mol. The smallest absolute Gasteiger partial charge is 0.0573 e. The first kappa shape index (κ1) is 14.7. The van der Waals surface area contributed by atoms with Crippen molar-refractivity contribution in [2.45, 2.75) is 46.7 Å². The van der Waals surface area contributed by atoms with Crippen LogP contribution >= 0.6 is 0 Å². The molecule has 20 heavy (non-hydrogen) atoms. The van der Waals surface area contributed by atoms with Gasteiger partial charge in [0.1, 0.15) is 0 Å². The maximum Gasteiger partial charge on any atom is 0.0573 e. The summed E-state index contributed by atoms with van der Waals surface area (Å²) in [6.45, 7) is 9.52. The number of hydrogen-bond donors (Lipinski definition) is 1. The van der Waals surface area contributed by atoms with Gasteiger partial charge < -0.3 is 5.32 Å². The summed E-state index contributed by atoms with van der Waals surface area (Å²) < 4.78 is 0. The highest BCUT2D eigenvalue weighted by Gasteiger charge is 2.08. The summed E-state index contributed by atoms with van der Waals surface area (Å²) in [6.07, 6.45) is 2.90. The molecule has 0 aliphatic rings. The second-order valence-electron chi connectivity index (χ2n) is 5.41. The summed E-state index contributed by atoms with van der Waals surface area (Å²) in [5.74, 6) is 0. The van der Waals surface area contributed by atoms with E-state index in [1.165, 1.54) is 22.3 Å². The lowest BCUT2D eigenvalue weighted by atomic mass is 10.0. The quantitative estimate of drug-likeness (QED) is 0.882. The summed E-state index contributed by atoms with van der Waals surface area (Å²) in [5, 5.41) is 3.57. The van der Waals surface area contributed by atoms with Gasteiger partial charge in [-0.25, -0.2) is 0 Å². The topological polar surface area (TPSA) is 24.9 Å². The summed E-state index contributed by atoms with van der Waals surface area (Å²) >= 11 is 0. The van der Waals surface area contributed by atoms with Crippen LogP contribution in [0.2, 0.25) is 0 Å². The van der Waals surface area contributed by atoms with Crippen LogP contribution in [0.3, 0.4) is 0 Å². The zero-order valence-electron chi connectivity index (χ0n) is 12.9. The third kappa shape index (κ3) is 3.45. The monoisotopic (exact) mass is 268 g/mol. The first-order chi connectivity index (χ1) is 9.61. The highest BCUT2D eigenvalue weighted by atomic mass is 14.9. The van der Waals surface area contributed by atoms with Crippen LogP contribution in [0.25, 0.3) is 0 Å². The van der Waals surface area contributed by atoms with Gasteiger partial charge >= 0.3 is 0 Å². The van der Waals surface area contributed by atoms with Crippen molar-refractivity contribution in [2.75, 3.05) is 0 Å². The minimum Gasteiger partial charge on any atom is -0.305 e. The van der Waals surface area contributed by atoms with Crippen LogP contribution in [0.5, 0.6) is 0 Å². The molecule has 2 nitrogen and oxygen atoms in total. The van der Waals surface area contributed by atoms with Gasteiger partial charge in [0.15, 0.2) is 0 Å². The van der Waals surface area contributed by atoms with E-state index in [0.717, 1.165) is 18.7 Å². The molecule has 1 aromatic carbocycles. The van der Waals surface area contributed by atoms with Crippen molar-refractivity contribution >= 4 is 0 Å². The van der Waals surface area contributed by atoms with Crippen molar-refractivity contribution in [2.24, 2.45) is 0 Å². The average molecular weight is 268 g/mol. The molecular formula is C18H24N2. The molecule has 0 radical (unpaired) electrons. The molecule has 1 atom stereocenters. The van der Waals surface area contributed by atoms with Crippen molar-refractivity contribution in [3.8, 4) is 0 Å². The van der Waals surface area contributed by atoms with Crippen molar-refractivity contribution < 1.29 is 0 Å². The van der Waals surface area contributed by atoms with Crippen molar-refractivity contribution in [3.05, 3.63) is 64.5 Å². The second-order valence-corrected chi connectivity index (χ2v) is 5.41. The third-order valence-electron chi connectivity index (χ3n) is 3.97. The van der Waals surface area contributed by atoms with Crippen molar-refractivity contribution in [1.29, 1.82) is 0 Å². The fraction of sp³-hybridized carbons (Fsp3) is 0.389.